The van der Waals surface area contributed by atoms with Gasteiger partial charge in [0.05, 0.1) is 0 Å². The summed E-state index contributed by atoms with van der Waals surface area (Å²) in [6.45, 7) is 0. The average Bonchev–Trinajstić information content (AvgIpc) is 2.43. The summed E-state index contributed by atoms with van der Waals surface area (Å²) in [5, 5.41) is 2.53. The first-order valence-corrected chi connectivity index (χ1v) is 5.44. The first-order chi connectivity index (χ1) is 10.3. The summed E-state index contributed by atoms with van der Waals surface area (Å²) >= 11 is 0. The number of carbonyl (C=O) groups excluding carboxylic acids is 1. The van der Waals surface area contributed by atoms with Crippen LogP contribution in [0.15, 0.2) is 29.4 Å². The maximum Gasteiger partial charge on any atom is 0.460 e. The molecular formula is C11H6F8N2O2. The second kappa shape index (κ2) is 6.01. The van der Waals surface area contributed by atoms with Crippen molar-refractivity contribution in [2.45, 2.75) is 18.0 Å². The third-order valence-corrected chi connectivity index (χ3v) is 2.37. The molecule has 0 unspecified atom stereocenters. The van der Waals surface area contributed by atoms with E-state index in [1.54, 1.807) is 0 Å². The van der Waals surface area contributed by atoms with Crippen LogP contribution in [0.1, 0.15) is 5.56 Å². The average molecular weight is 350 g/mol. The van der Waals surface area contributed by atoms with E-state index in [0.717, 1.165) is 24.3 Å². The predicted molar refractivity (Wildman–Crippen MR) is 59.2 cm³/mol. The van der Waals surface area contributed by atoms with E-state index in [2.05, 4.69) is 9.99 Å². The molecule has 0 radical (unpaired) electrons. The second-order valence-electron chi connectivity index (χ2n) is 4.01. The minimum absolute atomic E-state index is 0.162. The zero-order valence-electron chi connectivity index (χ0n) is 10.7. The number of amidine groups is 1. The van der Waals surface area contributed by atoms with Gasteiger partial charge in [-0.2, -0.15) is 30.7 Å². The van der Waals surface area contributed by atoms with E-state index in [1.807, 2.05) is 0 Å². The Morgan fingerprint density at radius 2 is 1.48 bits per heavy atom. The van der Waals surface area contributed by atoms with Crippen LogP contribution >= 0.6 is 0 Å². The highest BCUT2D eigenvalue weighted by Gasteiger charge is 2.77. The van der Waals surface area contributed by atoms with Crippen molar-refractivity contribution in [3.05, 3.63) is 35.6 Å². The molecule has 2 N–H and O–H groups in total. The lowest BCUT2D eigenvalue weighted by atomic mass is 10.1. The van der Waals surface area contributed by atoms with Crippen molar-refractivity contribution < 1.29 is 44.8 Å². The quantitative estimate of drug-likeness (QED) is 0.299. The molecule has 0 spiro atoms. The zero-order valence-corrected chi connectivity index (χ0v) is 10.7. The number of benzene rings is 1. The maximum absolute atomic E-state index is 12.9. The Bertz CT molecular complexity index is 609. The number of nitrogens with two attached hydrogens (primary N) is 1. The van der Waals surface area contributed by atoms with Gasteiger partial charge in [-0.15, -0.1) is 0 Å². The number of carbonyl (C=O) groups is 1. The Balaban J connectivity index is 2.94. The van der Waals surface area contributed by atoms with Crippen molar-refractivity contribution in [3.63, 3.8) is 0 Å². The van der Waals surface area contributed by atoms with Crippen LogP contribution in [-0.2, 0) is 9.63 Å². The van der Waals surface area contributed by atoms with Crippen molar-refractivity contribution in [2.75, 3.05) is 0 Å². The first-order valence-electron chi connectivity index (χ1n) is 5.44. The Morgan fingerprint density at radius 3 is 1.91 bits per heavy atom. The molecule has 0 saturated carbocycles. The van der Waals surface area contributed by atoms with Gasteiger partial charge < -0.3 is 10.6 Å². The van der Waals surface area contributed by atoms with Crippen LogP contribution in [-0.4, -0.2) is 29.8 Å². The molecule has 4 nitrogen and oxygen atoms in total. The fourth-order valence-electron chi connectivity index (χ4n) is 1.13. The molecule has 1 rings (SSSR count). The van der Waals surface area contributed by atoms with Crippen molar-refractivity contribution in [3.8, 4) is 0 Å². The molecule has 0 bridgehead atoms. The molecule has 0 aliphatic heterocycles. The topological polar surface area (TPSA) is 64.7 Å². The number of nitrogens with zero attached hydrogens (tertiary/aromatic N) is 1. The molecule has 0 atom stereocenters. The summed E-state index contributed by atoms with van der Waals surface area (Å²) in [7, 11) is 0. The van der Waals surface area contributed by atoms with Crippen LogP contribution < -0.4 is 5.73 Å². The van der Waals surface area contributed by atoms with E-state index < -0.39 is 35.6 Å². The summed E-state index contributed by atoms with van der Waals surface area (Å²) in [6, 6.07) is 3.63. The van der Waals surface area contributed by atoms with E-state index in [-0.39, 0.29) is 5.56 Å². The monoisotopic (exact) mass is 350 g/mol. The van der Waals surface area contributed by atoms with Gasteiger partial charge in [0.2, 0.25) is 0 Å². The fourth-order valence-corrected chi connectivity index (χ4v) is 1.13. The molecular weight excluding hydrogens is 344 g/mol. The number of hydrogen-bond donors (Lipinski definition) is 1. The Labute approximate surface area is 122 Å². The highest BCUT2D eigenvalue weighted by Crippen LogP contribution is 2.46. The lowest BCUT2D eigenvalue weighted by molar-refractivity contribution is -0.348. The molecule has 128 valence electrons. The van der Waals surface area contributed by atoms with Gasteiger partial charge >= 0.3 is 24.0 Å². The highest BCUT2D eigenvalue weighted by atomic mass is 19.4. The standard InChI is InChI=1S/C11H6F8N2O2/c12-6-3-1-5(2-4-6)7(20)21-23-8(22)9(13,14)10(15,16)11(17,18)19/h1-4H,(H2,20,21). The fraction of sp³-hybridized carbons (Fsp3) is 0.273. The van der Waals surface area contributed by atoms with Gasteiger partial charge in [0, 0.05) is 5.56 Å². The van der Waals surface area contributed by atoms with Gasteiger partial charge in [-0.05, 0) is 24.3 Å². The second-order valence-corrected chi connectivity index (χ2v) is 4.01. The molecule has 0 heterocycles. The molecule has 0 aliphatic carbocycles. The number of hydrogen-bond acceptors (Lipinski definition) is 3. The van der Waals surface area contributed by atoms with E-state index in [9.17, 15) is 39.9 Å². The minimum Gasteiger partial charge on any atom is -0.380 e. The first kappa shape index (κ1) is 18.6. The molecule has 0 aliphatic rings. The van der Waals surface area contributed by atoms with Crippen molar-refractivity contribution in [1.82, 2.24) is 0 Å². The molecule has 12 heteroatoms. The van der Waals surface area contributed by atoms with Crippen LogP contribution in [0.2, 0.25) is 0 Å². The normalized spacial score (nSPS) is 13.8. The molecule has 0 saturated heterocycles. The number of rotatable bonds is 4. The SMILES string of the molecule is N/C(=N\OC(=O)C(F)(F)C(F)(F)C(F)(F)F)c1ccc(F)cc1. The number of oxime groups is 1. The lowest BCUT2D eigenvalue weighted by Crippen LogP contribution is -2.56. The largest absolute Gasteiger partial charge is 0.460 e. The Kier molecular flexibility index (Phi) is 4.87. The third kappa shape index (κ3) is 3.68. The summed E-state index contributed by atoms with van der Waals surface area (Å²) in [6.07, 6.45) is -6.69. The number of alkyl halides is 7. The predicted octanol–water partition coefficient (Wildman–Crippen LogP) is 2.82. The van der Waals surface area contributed by atoms with E-state index in [4.69, 9.17) is 5.73 Å². The molecule has 1 aromatic rings. The van der Waals surface area contributed by atoms with Gasteiger partial charge in [-0.25, -0.2) is 9.18 Å². The summed E-state index contributed by atoms with van der Waals surface area (Å²) in [5.41, 5.74) is 4.97. The van der Waals surface area contributed by atoms with Crippen LogP contribution in [0.3, 0.4) is 0 Å². The van der Waals surface area contributed by atoms with Crippen molar-refractivity contribution in [2.24, 2.45) is 10.9 Å². The molecule has 0 aromatic heterocycles. The van der Waals surface area contributed by atoms with Gasteiger partial charge in [-0.3, -0.25) is 0 Å². The van der Waals surface area contributed by atoms with E-state index in [0.29, 0.717) is 0 Å². The molecule has 23 heavy (non-hydrogen) atoms. The van der Waals surface area contributed by atoms with E-state index >= 15 is 0 Å². The lowest BCUT2D eigenvalue weighted by Gasteiger charge is -2.25. The number of halogens is 8. The smallest absolute Gasteiger partial charge is 0.380 e. The summed E-state index contributed by atoms with van der Waals surface area (Å²) in [5.74, 6) is -17.7. The van der Waals surface area contributed by atoms with Crippen molar-refractivity contribution in [1.29, 1.82) is 0 Å². The van der Waals surface area contributed by atoms with E-state index in [1.165, 1.54) is 0 Å². The van der Waals surface area contributed by atoms with Crippen LogP contribution in [0, 0.1) is 5.82 Å². The zero-order chi connectivity index (χ0) is 18.1. The molecule has 1 aromatic carbocycles. The Morgan fingerprint density at radius 1 is 1.00 bits per heavy atom. The molecule has 0 fully saturated rings. The third-order valence-electron chi connectivity index (χ3n) is 2.37. The Hall–Kier alpha value is -2.40. The van der Waals surface area contributed by atoms with Crippen LogP contribution in [0.25, 0.3) is 0 Å². The van der Waals surface area contributed by atoms with Crippen LogP contribution in [0.4, 0.5) is 35.1 Å². The van der Waals surface area contributed by atoms with Crippen molar-refractivity contribution >= 4 is 11.8 Å². The molecule has 0 amide bonds. The summed E-state index contributed by atoms with van der Waals surface area (Å²) < 4.78 is 99.1. The van der Waals surface area contributed by atoms with Gasteiger partial charge in [-0.1, -0.05) is 5.16 Å². The van der Waals surface area contributed by atoms with Gasteiger partial charge in [0.25, 0.3) is 0 Å². The summed E-state index contributed by atoms with van der Waals surface area (Å²) in [4.78, 5) is 14.1. The maximum atomic E-state index is 12.9. The highest BCUT2D eigenvalue weighted by molar-refractivity contribution is 5.97. The minimum atomic E-state index is -6.69. The van der Waals surface area contributed by atoms with Gasteiger partial charge in [0.1, 0.15) is 5.82 Å². The van der Waals surface area contributed by atoms with Gasteiger partial charge in [0.15, 0.2) is 5.84 Å². The van der Waals surface area contributed by atoms with Crippen LogP contribution in [0.5, 0.6) is 0 Å².